The Labute approximate surface area is 73.8 Å². The van der Waals surface area contributed by atoms with Gasteiger partial charge in [0.1, 0.15) is 0 Å². The molecule has 0 bridgehead atoms. The highest BCUT2D eigenvalue weighted by Gasteiger charge is 1.83. The molecule has 0 aliphatic rings. The van der Waals surface area contributed by atoms with Crippen LogP contribution >= 0.6 is 0 Å². The molecule has 0 heterocycles. The molecular formula is C9H16N2O. The normalized spacial score (nSPS) is 12.1. The smallest absolute Gasteiger partial charge is 0.205 e. The van der Waals surface area contributed by atoms with Crippen LogP contribution in [0.2, 0.25) is 0 Å². The highest BCUT2D eigenvalue weighted by molar-refractivity contribution is 5.72. The van der Waals surface area contributed by atoms with Crippen LogP contribution in [0.1, 0.15) is 6.92 Å². The first kappa shape index (κ1) is 10.9. The summed E-state index contributed by atoms with van der Waals surface area (Å²) in [5, 5.41) is 3.04. The lowest BCUT2D eigenvalue weighted by Gasteiger charge is -1.96. The van der Waals surface area contributed by atoms with Crippen molar-refractivity contribution in [3.8, 4) is 0 Å². The molecular weight excluding hydrogens is 152 g/mol. The van der Waals surface area contributed by atoms with E-state index < -0.39 is 0 Å². The number of methoxy groups -OCH3 is 1. The maximum atomic E-state index is 4.75. The summed E-state index contributed by atoms with van der Waals surface area (Å²) in [7, 11) is 3.45. The van der Waals surface area contributed by atoms with E-state index in [-0.39, 0.29) is 0 Å². The Balaban J connectivity index is 3.85. The summed E-state index contributed by atoms with van der Waals surface area (Å²) in [4.78, 5) is 3.92. The first-order valence-corrected chi connectivity index (χ1v) is 3.78. The SMILES string of the molecule is C=C(/N=C\C=C(\C)CNC)OC. The van der Waals surface area contributed by atoms with Crippen molar-refractivity contribution in [2.45, 2.75) is 6.92 Å². The van der Waals surface area contributed by atoms with Crippen LogP contribution in [0.25, 0.3) is 0 Å². The number of hydrogen-bond acceptors (Lipinski definition) is 3. The quantitative estimate of drug-likeness (QED) is 0.496. The van der Waals surface area contributed by atoms with Crippen molar-refractivity contribution < 1.29 is 4.74 Å². The lowest BCUT2D eigenvalue weighted by Crippen LogP contribution is -2.08. The molecule has 12 heavy (non-hydrogen) atoms. The van der Waals surface area contributed by atoms with Crippen molar-refractivity contribution in [2.24, 2.45) is 4.99 Å². The Morgan fingerprint density at radius 2 is 2.33 bits per heavy atom. The van der Waals surface area contributed by atoms with E-state index in [1.54, 1.807) is 13.3 Å². The summed E-state index contributed by atoms with van der Waals surface area (Å²) in [6.07, 6.45) is 3.60. The van der Waals surface area contributed by atoms with Gasteiger partial charge in [-0.3, -0.25) is 0 Å². The number of rotatable bonds is 5. The monoisotopic (exact) mass is 168 g/mol. The van der Waals surface area contributed by atoms with Gasteiger partial charge >= 0.3 is 0 Å². The molecule has 0 aromatic rings. The predicted octanol–water partition coefficient (Wildman–Crippen LogP) is 1.34. The number of ether oxygens (including phenoxy) is 1. The lowest BCUT2D eigenvalue weighted by molar-refractivity contribution is 0.291. The van der Waals surface area contributed by atoms with Gasteiger partial charge in [0.25, 0.3) is 0 Å². The standard InChI is InChI=1S/C9H16N2O/c1-8(7-10-3)5-6-11-9(2)12-4/h5-6,10H,2,7H2,1,3-4H3/b8-5-,11-6-. The maximum absolute atomic E-state index is 4.75. The fourth-order valence-corrected chi connectivity index (χ4v) is 0.638. The van der Waals surface area contributed by atoms with Crippen LogP contribution < -0.4 is 5.32 Å². The maximum Gasteiger partial charge on any atom is 0.205 e. The fourth-order valence-electron chi connectivity index (χ4n) is 0.638. The third-order valence-electron chi connectivity index (χ3n) is 1.27. The summed E-state index contributed by atoms with van der Waals surface area (Å²) < 4.78 is 4.75. The van der Waals surface area contributed by atoms with Gasteiger partial charge in [-0.25, -0.2) is 4.99 Å². The molecule has 0 rings (SSSR count). The number of hydrogen-bond donors (Lipinski definition) is 1. The van der Waals surface area contributed by atoms with Gasteiger partial charge in [-0.2, -0.15) is 0 Å². The molecule has 0 fully saturated rings. The topological polar surface area (TPSA) is 33.6 Å². The summed E-state index contributed by atoms with van der Waals surface area (Å²) in [6.45, 7) is 6.44. The van der Waals surface area contributed by atoms with Gasteiger partial charge in [0, 0.05) is 12.8 Å². The Kier molecular flexibility index (Phi) is 6.01. The number of nitrogens with zero attached hydrogens (tertiary/aromatic N) is 1. The minimum absolute atomic E-state index is 0.420. The van der Waals surface area contributed by atoms with Crippen molar-refractivity contribution >= 4 is 6.21 Å². The summed E-state index contributed by atoms with van der Waals surface area (Å²) in [5.41, 5.74) is 1.21. The van der Waals surface area contributed by atoms with E-state index in [0.29, 0.717) is 5.88 Å². The lowest BCUT2D eigenvalue weighted by atomic mass is 10.3. The van der Waals surface area contributed by atoms with Gasteiger partial charge in [0.05, 0.1) is 7.11 Å². The molecule has 3 nitrogen and oxygen atoms in total. The Morgan fingerprint density at radius 3 is 2.83 bits per heavy atom. The van der Waals surface area contributed by atoms with E-state index in [1.165, 1.54) is 5.57 Å². The van der Waals surface area contributed by atoms with Gasteiger partial charge < -0.3 is 10.1 Å². The second-order valence-electron chi connectivity index (χ2n) is 2.42. The number of nitrogens with one attached hydrogen (secondary N) is 1. The molecule has 0 spiro atoms. The third-order valence-corrected chi connectivity index (χ3v) is 1.27. The molecule has 3 heteroatoms. The van der Waals surface area contributed by atoms with Gasteiger partial charge in [-0.1, -0.05) is 5.57 Å². The Morgan fingerprint density at radius 1 is 1.67 bits per heavy atom. The van der Waals surface area contributed by atoms with Crippen molar-refractivity contribution in [3.05, 3.63) is 24.1 Å². The molecule has 0 amide bonds. The van der Waals surface area contributed by atoms with Crippen LogP contribution in [-0.2, 0) is 4.74 Å². The minimum Gasteiger partial charge on any atom is -0.481 e. The van der Waals surface area contributed by atoms with Crippen molar-refractivity contribution in [1.82, 2.24) is 5.32 Å². The average Bonchev–Trinajstić information content (AvgIpc) is 2.04. The molecule has 0 aliphatic carbocycles. The van der Waals surface area contributed by atoms with Crippen molar-refractivity contribution in [2.75, 3.05) is 20.7 Å². The van der Waals surface area contributed by atoms with Gasteiger partial charge in [0.2, 0.25) is 5.88 Å². The van der Waals surface area contributed by atoms with Crippen molar-refractivity contribution in [1.29, 1.82) is 0 Å². The molecule has 1 N–H and O–H groups in total. The van der Waals surface area contributed by atoms with Crippen LogP contribution in [0.3, 0.4) is 0 Å². The van der Waals surface area contributed by atoms with Gasteiger partial charge in [0.15, 0.2) is 0 Å². The Bertz CT molecular complexity index is 195. The number of likely N-dealkylation sites (N-methyl/N-ethyl adjacent to an activating group) is 1. The molecule has 0 atom stereocenters. The highest BCUT2D eigenvalue weighted by atomic mass is 16.5. The zero-order valence-electron chi connectivity index (χ0n) is 7.92. The Hall–Kier alpha value is -1.09. The van der Waals surface area contributed by atoms with E-state index in [4.69, 9.17) is 4.74 Å². The molecule has 0 unspecified atom stereocenters. The third kappa shape index (κ3) is 5.68. The van der Waals surface area contributed by atoms with Crippen LogP contribution in [0.5, 0.6) is 0 Å². The first-order chi connectivity index (χ1) is 5.70. The minimum atomic E-state index is 0.420. The van der Waals surface area contributed by atoms with Crippen LogP contribution in [0, 0.1) is 0 Å². The van der Waals surface area contributed by atoms with Crippen LogP contribution in [0.15, 0.2) is 29.1 Å². The van der Waals surface area contributed by atoms with E-state index >= 15 is 0 Å². The summed E-state index contributed by atoms with van der Waals surface area (Å²) in [5.74, 6) is 0.420. The average molecular weight is 168 g/mol. The zero-order valence-corrected chi connectivity index (χ0v) is 7.92. The molecule has 0 radical (unpaired) electrons. The van der Waals surface area contributed by atoms with E-state index in [0.717, 1.165) is 6.54 Å². The predicted molar refractivity (Wildman–Crippen MR) is 52.3 cm³/mol. The second-order valence-corrected chi connectivity index (χ2v) is 2.42. The largest absolute Gasteiger partial charge is 0.481 e. The van der Waals surface area contributed by atoms with E-state index in [1.807, 2.05) is 20.0 Å². The second kappa shape index (κ2) is 6.61. The molecule has 0 saturated carbocycles. The molecule has 0 aromatic carbocycles. The van der Waals surface area contributed by atoms with Gasteiger partial charge in [-0.05, 0) is 26.6 Å². The highest BCUT2D eigenvalue weighted by Crippen LogP contribution is 1.91. The van der Waals surface area contributed by atoms with E-state index in [2.05, 4.69) is 16.9 Å². The number of aliphatic imine (C=N–C) groups is 1. The van der Waals surface area contributed by atoms with Crippen molar-refractivity contribution in [3.63, 3.8) is 0 Å². The molecule has 0 aromatic heterocycles. The summed E-state index contributed by atoms with van der Waals surface area (Å²) >= 11 is 0. The van der Waals surface area contributed by atoms with E-state index in [9.17, 15) is 0 Å². The molecule has 0 saturated heterocycles. The van der Waals surface area contributed by atoms with Gasteiger partial charge in [-0.15, -0.1) is 0 Å². The molecule has 0 aliphatic heterocycles. The van der Waals surface area contributed by atoms with Crippen LogP contribution in [-0.4, -0.2) is 26.9 Å². The molecule has 68 valence electrons. The van der Waals surface area contributed by atoms with Crippen LogP contribution in [0.4, 0.5) is 0 Å². The number of allylic oxidation sites excluding steroid dienone is 1. The first-order valence-electron chi connectivity index (χ1n) is 3.78. The zero-order chi connectivity index (χ0) is 9.40. The summed E-state index contributed by atoms with van der Waals surface area (Å²) in [6, 6.07) is 0. The fraction of sp³-hybridized carbons (Fsp3) is 0.444.